The highest BCUT2D eigenvalue weighted by Gasteiger charge is 2.09. The van der Waals surface area contributed by atoms with Crippen molar-refractivity contribution in [1.82, 2.24) is 10.2 Å². The number of nitrogens with zero attached hydrogens (tertiary/aromatic N) is 1. The lowest BCUT2D eigenvalue weighted by molar-refractivity contribution is 0.0947. The third-order valence-corrected chi connectivity index (χ3v) is 2.89. The van der Waals surface area contributed by atoms with Crippen molar-refractivity contribution in [2.75, 3.05) is 40.4 Å². The average Bonchev–Trinajstić information content (AvgIpc) is 2.36. The number of likely N-dealkylation sites (N-methyl/N-ethyl adjacent to an activating group) is 1. The zero-order valence-corrected chi connectivity index (χ0v) is 11.7. The molecule has 1 amide bonds. The largest absolute Gasteiger partial charge is 0.383 e. The topological polar surface area (TPSA) is 41.6 Å². The van der Waals surface area contributed by atoms with E-state index >= 15 is 0 Å². The van der Waals surface area contributed by atoms with Gasteiger partial charge in [-0.05, 0) is 37.7 Å². The minimum atomic E-state index is -0.326. The Morgan fingerprint density at radius 3 is 2.79 bits per heavy atom. The molecule has 0 aliphatic rings. The van der Waals surface area contributed by atoms with Crippen molar-refractivity contribution in [3.8, 4) is 0 Å². The summed E-state index contributed by atoms with van der Waals surface area (Å²) < 4.78 is 17.9. The monoisotopic (exact) mass is 268 g/mol. The van der Waals surface area contributed by atoms with Crippen molar-refractivity contribution in [3.63, 3.8) is 0 Å². The molecule has 0 unspecified atom stereocenters. The van der Waals surface area contributed by atoms with Gasteiger partial charge in [-0.2, -0.15) is 0 Å². The summed E-state index contributed by atoms with van der Waals surface area (Å²) in [6, 6.07) is 4.17. The highest BCUT2D eigenvalue weighted by atomic mass is 19.1. The molecule has 0 aromatic heterocycles. The molecular weight excluding hydrogens is 247 g/mol. The molecular formula is C14H21FN2O2. The smallest absolute Gasteiger partial charge is 0.251 e. The minimum Gasteiger partial charge on any atom is -0.383 e. The van der Waals surface area contributed by atoms with E-state index in [1.54, 1.807) is 14.0 Å². The van der Waals surface area contributed by atoms with Crippen LogP contribution in [0.3, 0.4) is 0 Å². The van der Waals surface area contributed by atoms with Crippen molar-refractivity contribution < 1.29 is 13.9 Å². The summed E-state index contributed by atoms with van der Waals surface area (Å²) in [4.78, 5) is 14.0. The number of hydrogen-bond acceptors (Lipinski definition) is 3. The van der Waals surface area contributed by atoms with E-state index in [0.29, 0.717) is 24.3 Å². The summed E-state index contributed by atoms with van der Waals surface area (Å²) in [7, 11) is 3.63. The predicted octanol–water partition coefficient (Wildman–Crippen LogP) is 1.44. The molecule has 0 spiro atoms. The number of aryl methyl sites for hydroxylation is 1. The lowest BCUT2D eigenvalue weighted by Crippen LogP contribution is -2.34. The van der Waals surface area contributed by atoms with Crippen LogP contribution in [0.4, 0.5) is 4.39 Å². The average molecular weight is 268 g/mol. The van der Waals surface area contributed by atoms with Crippen LogP contribution in [-0.2, 0) is 4.74 Å². The Hall–Kier alpha value is -1.46. The van der Waals surface area contributed by atoms with Gasteiger partial charge in [-0.1, -0.05) is 0 Å². The van der Waals surface area contributed by atoms with Crippen LogP contribution < -0.4 is 5.32 Å². The summed E-state index contributed by atoms with van der Waals surface area (Å²) >= 11 is 0. The molecule has 1 N–H and O–H groups in total. The zero-order chi connectivity index (χ0) is 14.3. The molecule has 0 saturated carbocycles. The number of carbonyl (C=O) groups is 1. The van der Waals surface area contributed by atoms with E-state index in [-0.39, 0.29) is 11.7 Å². The number of halogens is 1. The molecule has 0 saturated heterocycles. The van der Waals surface area contributed by atoms with Gasteiger partial charge in [0.15, 0.2) is 0 Å². The van der Waals surface area contributed by atoms with Gasteiger partial charge in [0.05, 0.1) is 6.61 Å². The molecule has 1 rings (SSSR count). The Balaban J connectivity index is 2.39. The Bertz CT molecular complexity index is 424. The highest BCUT2D eigenvalue weighted by Crippen LogP contribution is 2.09. The number of benzene rings is 1. The number of methoxy groups -OCH3 is 1. The van der Waals surface area contributed by atoms with Gasteiger partial charge in [0.25, 0.3) is 5.91 Å². The molecule has 1 aromatic rings. The van der Waals surface area contributed by atoms with Gasteiger partial charge in [0.1, 0.15) is 5.82 Å². The quantitative estimate of drug-likeness (QED) is 0.813. The molecule has 4 nitrogen and oxygen atoms in total. The number of carbonyl (C=O) groups excluding carboxylic acids is 1. The second-order valence-corrected chi connectivity index (χ2v) is 4.51. The van der Waals surface area contributed by atoms with Gasteiger partial charge in [-0.3, -0.25) is 4.79 Å². The first-order chi connectivity index (χ1) is 9.04. The molecule has 0 aliphatic heterocycles. The van der Waals surface area contributed by atoms with Crippen LogP contribution in [0, 0.1) is 12.7 Å². The third-order valence-electron chi connectivity index (χ3n) is 2.89. The van der Waals surface area contributed by atoms with Gasteiger partial charge in [0.2, 0.25) is 0 Å². The fourth-order valence-corrected chi connectivity index (χ4v) is 1.70. The number of amides is 1. The summed E-state index contributed by atoms with van der Waals surface area (Å²) in [6.45, 7) is 4.51. The molecule has 106 valence electrons. The van der Waals surface area contributed by atoms with Gasteiger partial charge in [0, 0.05) is 32.3 Å². The Morgan fingerprint density at radius 2 is 2.16 bits per heavy atom. The van der Waals surface area contributed by atoms with Crippen LogP contribution in [0.5, 0.6) is 0 Å². The molecule has 19 heavy (non-hydrogen) atoms. The van der Waals surface area contributed by atoms with Gasteiger partial charge in [-0.25, -0.2) is 4.39 Å². The summed E-state index contributed by atoms with van der Waals surface area (Å²) in [5.41, 5.74) is 1.16. The lowest BCUT2D eigenvalue weighted by atomic mass is 10.1. The first-order valence-electron chi connectivity index (χ1n) is 6.26. The normalized spacial score (nSPS) is 10.8. The third kappa shape index (κ3) is 5.36. The molecule has 0 bridgehead atoms. The van der Waals surface area contributed by atoms with Crippen LogP contribution in [-0.4, -0.2) is 51.2 Å². The summed E-state index contributed by atoms with van der Waals surface area (Å²) in [5, 5.41) is 2.82. The first kappa shape index (κ1) is 15.6. The van der Waals surface area contributed by atoms with E-state index in [2.05, 4.69) is 10.2 Å². The van der Waals surface area contributed by atoms with E-state index in [9.17, 15) is 9.18 Å². The lowest BCUT2D eigenvalue weighted by Gasteiger charge is -2.16. The second-order valence-electron chi connectivity index (χ2n) is 4.51. The maximum atomic E-state index is 12.9. The minimum absolute atomic E-state index is 0.169. The van der Waals surface area contributed by atoms with Crippen molar-refractivity contribution in [2.24, 2.45) is 0 Å². The van der Waals surface area contributed by atoms with Crippen molar-refractivity contribution in [2.45, 2.75) is 6.92 Å². The van der Waals surface area contributed by atoms with Crippen molar-refractivity contribution in [3.05, 3.63) is 35.1 Å². The van der Waals surface area contributed by atoms with Crippen LogP contribution in [0.2, 0.25) is 0 Å². The second kappa shape index (κ2) is 7.86. The van der Waals surface area contributed by atoms with E-state index in [1.807, 2.05) is 7.05 Å². The fourth-order valence-electron chi connectivity index (χ4n) is 1.70. The number of nitrogens with one attached hydrogen (secondary N) is 1. The van der Waals surface area contributed by atoms with Crippen LogP contribution in [0.1, 0.15) is 15.9 Å². The SMILES string of the molecule is COCCN(C)CCNC(=O)c1ccc(F)cc1C. The molecule has 0 aliphatic carbocycles. The van der Waals surface area contributed by atoms with Gasteiger partial charge in [-0.15, -0.1) is 0 Å². The standard InChI is InChI=1S/C14H21FN2O2/c1-11-10-12(15)4-5-13(11)14(18)16-6-7-17(2)8-9-19-3/h4-5,10H,6-9H2,1-3H3,(H,16,18). The first-order valence-corrected chi connectivity index (χ1v) is 6.26. The highest BCUT2D eigenvalue weighted by molar-refractivity contribution is 5.95. The maximum absolute atomic E-state index is 12.9. The van der Waals surface area contributed by atoms with Crippen LogP contribution in [0.25, 0.3) is 0 Å². The van der Waals surface area contributed by atoms with Gasteiger partial charge < -0.3 is 15.0 Å². The maximum Gasteiger partial charge on any atom is 0.251 e. The Morgan fingerprint density at radius 1 is 1.42 bits per heavy atom. The Kier molecular flexibility index (Phi) is 6.45. The van der Waals surface area contributed by atoms with E-state index in [0.717, 1.165) is 13.1 Å². The molecule has 0 fully saturated rings. The summed E-state index contributed by atoms with van der Waals surface area (Å²) in [6.07, 6.45) is 0. The number of hydrogen-bond donors (Lipinski definition) is 1. The van der Waals surface area contributed by atoms with E-state index in [1.165, 1.54) is 18.2 Å². The number of ether oxygens (including phenoxy) is 1. The zero-order valence-electron chi connectivity index (χ0n) is 11.7. The molecule has 1 aromatic carbocycles. The Labute approximate surface area is 113 Å². The number of rotatable bonds is 7. The van der Waals surface area contributed by atoms with Crippen molar-refractivity contribution in [1.29, 1.82) is 0 Å². The molecule has 5 heteroatoms. The van der Waals surface area contributed by atoms with Crippen molar-refractivity contribution >= 4 is 5.91 Å². The van der Waals surface area contributed by atoms with E-state index in [4.69, 9.17) is 4.74 Å². The summed E-state index contributed by atoms with van der Waals surface area (Å²) in [5.74, 6) is -0.494. The molecule has 0 heterocycles. The molecule has 0 radical (unpaired) electrons. The van der Waals surface area contributed by atoms with E-state index < -0.39 is 0 Å². The molecule has 0 atom stereocenters. The van der Waals surface area contributed by atoms with Crippen LogP contribution >= 0.6 is 0 Å². The fraction of sp³-hybridized carbons (Fsp3) is 0.500. The van der Waals surface area contributed by atoms with Gasteiger partial charge >= 0.3 is 0 Å². The van der Waals surface area contributed by atoms with Crippen LogP contribution in [0.15, 0.2) is 18.2 Å². The predicted molar refractivity (Wildman–Crippen MR) is 72.8 cm³/mol.